The zero-order valence-electron chi connectivity index (χ0n) is 11.9. The van der Waals surface area contributed by atoms with Gasteiger partial charge in [-0.25, -0.2) is 0 Å². The molecule has 0 bridgehead atoms. The lowest BCUT2D eigenvalue weighted by molar-refractivity contribution is 0.122. The van der Waals surface area contributed by atoms with Gasteiger partial charge >= 0.3 is 0 Å². The highest BCUT2D eigenvalue weighted by Crippen LogP contribution is 2.28. The molecule has 1 saturated carbocycles. The summed E-state index contributed by atoms with van der Waals surface area (Å²) in [4.78, 5) is 0. The molecule has 19 heavy (non-hydrogen) atoms. The quantitative estimate of drug-likeness (QED) is 0.658. The Hall–Kier alpha value is -1.06. The van der Waals surface area contributed by atoms with Crippen molar-refractivity contribution in [3.63, 3.8) is 0 Å². The van der Waals surface area contributed by atoms with Gasteiger partial charge in [-0.1, -0.05) is 12.1 Å². The Kier molecular flexibility index (Phi) is 6.18. The first-order valence-electron chi connectivity index (χ1n) is 7.30. The summed E-state index contributed by atoms with van der Waals surface area (Å²) in [7, 11) is 1.70. The van der Waals surface area contributed by atoms with Crippen LogP contribution in [0.4, 0.5) is 0 Å². The van der Waals surface area contributed by atoms with Crippen LogP contribution in [0.5, 0.6) is 5.75 Å². The van der Waals surface area contributed by atoms with E-state index in [0.29, 0.717) is 0 Å². The molecule has 0 aromatic heterocycles. The predicted molar refractivity (Wildman–Crippen MR) is 77.7 cm³/mol. The summed E-state index contributed by atoms with van der Waals surface area (Å²) in [6, 6.07) is 8.28. The van der Waals surface area contributed by atoms with Crippen LogP contribution in [-0.4, -0.2) is 33.4 Å². The Morgan fingerprint density at radius 1 is 1.16 bits per heavy atom. The van der Waals surface area contributed by atoms with Crippen LogP contribution in [0.15, 0.2) is 24.3 Å². The highest BCUT2D eigenvalue weighted by atomic mass is 16.5. The number of hydrogen-bond donors (Lipinski definition) is 1. The maximum Gasteiger partial charge on any atom is 0.118 e. The van der Waals surface area contributed by atoms with E-state index >= 15 is 0 Å². The number of rotatable bonds is 10. The molecule has 1 aromatic rings. The minimum Gasteiger partial charge on any atom is -0.497 e. The Balaban J connectivity index is 1.44. The van der Waals surface area contributed by atoms with Gasteiger partial charge in [0.25, 0.3) is 0 Å². The van der Waals surface area contributed by atoms with Crippen LogP contribution < -0.4 is 10.1 Å². The number of methoxy groups -OCH3 is 1. The zero-order chi connectivity index (χ0) is 13.3. The molecule has 1 aromatic carbocycles. The van der Waals surface area contributed by atoms with Crippen molar-refractivity contribution in [3.8, 4) is 5.75 Å². The van der Waals surface area contributed by atoms with Gasteiger partial charge in [-0.15, -0.1) is 0 Å². The van der Waals surface area contributed by atoms with E-state index in [1.165, 1.54) is 18.4 Å². The second-order valence-corrected chi connectivity index (χ2v) is 5.22. The van der Waals surface area contributed by atoms with Crippen LogP contribution in [0, 0.1) is 5.92 Å². The molecule has 0 amide bonds. The maximum absolute atomic E-state index is 5.59. The standard InChI is InChI=1S/C16H25NO2/c1-18-16-7-5-14(6-8-16)9-11-17-10-2-12-19-13-15-3-4-15/h5-8,15,17H,2-4,9-13H2,1H3. The molecule has 0 aliphatic heterocycles. The summed E-state index contributed by atoms with van der Waals surface area (Å²) in [5.41, 5.74) is 1.35. The van der Waals surface area contributed by atoms with E-state index < -0.39 is 0 Å². The Bertz CT molecular complexity index is 346. The molecule has 0 atom stereocenters. The highest BCUT2D eigenvalue weighted by molar-refractivity contribution is 5.27. The molecular weight excluding hydrogens is 238 g/mol. The topological polar surface area (TPSA) is 30.5 Å². The summed E-state index contributed by atoms with van der Waals surface area (Å²) in [6.45, 7) is 3.94. The van der Waals surface area contributed by atoms with Gasteiger partial charge in [0.05, 0.1) is 7.11 Å². The monoisotopic (exact) mass is 263 g/mol. The summed E-state index contributed by atoms with van der Waals surface area (Å²) < 4.78 is 10.7. The van der Waals surface area contributed by atoms with Crippen molar-refractivity contribution >= 4 is 0 Å². The van der Waals surface area contributed by atoms with Crippen LogP contribution in [0.1, 0.15) is 24.8 Å². The van der Waals surface area contributed by atoms with Crippen molar-refractivity contribution in [1.82, 2.24) is 5.32 Å². The molecule has 3 nitrogen and oxygen atoms in total. The third-order valence-corrected chi connectivity index (χ3v) is 3.44. The third-order valence-electron chi connectivity index (χ3n) is 3.44. The van der Waals surface area contributed by atoms with E-state index in [1.54, 1.807) is 7.11 Å². The van der Waals surface area contributed by atoms with Gasteiger partial charge in [0.15, 0.2) is 0 Å². The van der Waals surface area contributed by atoms with E-state index in [4.69, 9.17) is 9.47 Å². The number of nitrogens with one attached hydrogen (secondary N) is 1. The van der Waals surface area contributed by atoms with E-state index in [0.717, 1.165) is 50.8 Å². The first-order valence-corrected chi connectivity index (χ1v) is 7.30. The summed E-state index contributed by atoms with van der Waals surface area (Å²) in [6.07, 6.45) is 4.92. The van der Waals surface area contributed by atoms with E-state index in [1.807, 2.05) is 12.1 Å². The number of benzene rings is 1. The molecule has 1 aliphatic rings. The van der Waals surface area contributed by atoms with Gasteiger partial charge in [0.1, 0.15) is 5.75 Å². The van der Waals surface area contributed by atoms with Crippen LogP contribution in [0.3, 0.4) is 0 Å². The summed E-state index contributed by atoms with van der Waals surface area (Å²) in [5, 5.41) is 3.45. The fraction of sp³-hybridized carbons (Fsp3) is 0.625. The van der Waals surface area contributed by atoms with Crippen molar-refractivity contribution in [1.29, 1.82) is 0 Å². The average molecular weight is 263 g/mol. The fourth-order valence-electron chi connectivity index (χ4n) is 1.98. The molecule has 3 heteroatoms. The second-order valence-electron chi connectivity index (χ2n) is 5.22. The van der Waals surface area contributed by atoms with E-state index in [2.05, 4.69) is 17.4 Å². The van der Waals surface area contributed by atoms with Gasteiger partial charge in [0.2, 0.25) is 0 Å². The first-order chi connectivity index (χ1) is 9.38. The zero-order valence-corrected chi connectivity index (χ0v) is 11.9. The molecule has 0 radical (unpaired) electrons. The summed E-state index contributed by atoms with van der Waals surface area (Å²) in [5.74, 6) is 1.80. The summed E-state index contributed by atoms with van der Waals surface area (Å²) >= 11 is 0. The largest absolute Gasteiger partial charge is 0.497 e. The van der Waals surface area contributed by atoms with Crippen LogP contribution in [0.2, 0.25) is 0 Å². The van der Waals surface area contributed by atoms with Crippen molar-refractivity contribution in [2.75, 3.05) is 33.4 Å². The predicted octanol–water partition coefficient (Wildman–Crippen LogP) is 2.64. The van der Waals surface area contributed by atoms with Crippen molar-refractivity contribution in [2.45, 2.75) is 25.7 Å². The van der Waals surface area contributed by atoms with E-state index in [9.17, 15) is 0 Å². The molecule has 0 saturated heterocycles. The van der Waals surface area contributed by atoms with Crippen molar-refractivity contribution < 1.29 is 9.47 Å². The fourth-order valence-corrected chi connectivity index (χ4v) is 1.98. The molecule has 0 unspecified atom stereocenters. The van der Waals surface area contributed by atoms with Crippen LogP contribution >= 0.6 is 0 Å². The van der Waals surface area contributed by atoms with Gasteiger partial charge in [-0.2, -0.15) is 0 Å². The maximum atomic E-state index is 5.59. The first kappa shape index (κ1) is 14.4. The lowest BCUT2D eigenvalue weighted by Gasteiger charge is -2.06. The third kappa shape index (κ3) is 6.08. The number of hydrogen-bond acceptors (Lipinski definition) is 3. The SMILES string of the molecule is COc1ccc(CCNCCCOCC2CC2)cc1. The molecule has 0 heterocycles. The van der Waals surface area contributed by atoms with Crippen molar-refractivity contribution in [2.24, 2.45) is 5.92 Å². The molecular formula is C16H25NO2. The molecule has 2 rings (SSSR count). The van der Waals surface area contributed by atoms with Crippen molar-refractivity contribution in [3.05, 3.63) is 29.8 Å². The molecule has 1 N–H and O–H groups in total. The second kappa shape index (κ2) is 8.18. The Labute approximate surface area is 116 Å². The molecule has 0 spiro atoms. The Morgan fingerprint density at radius 2 is 1.95 bits per heavy atom. The lowest BCUT2D eigenvalue weighted by atomic mass is 10.1. The molecule has 106 valence electrons. The molecule has 1 aliphatic carbocycles. The van der Waals surface area contributed by atoms with Gasteiger partial charge in [-0.3, -0.25) is 0 Å². The Morgan fingerprint density at radius 3 is 2.63 bits per heavy atom. The van der Waals surface area contributed by atoms with Crippen LogP contribution in [-0.2, 0) is 11.2 Å². The van der Waals surface area contributed by atoms with E-state index in [-0.39, 0.29) is 0 Å². The smallest absolute Gasteiger partial charge is 0.118 e. The normalized spacial score (nSPS) is 14.6. The highest BCUT2D eigenvalue weighted by Gasteiger charge is 2.20. The van der Waals surface area contributed by atoms with Gasteiger partial charge < -0.3 is 14.8 Å². The van der Waals surface area contributed by atoms with Gasteiger partial charge in [-0.05, 0) is 62.4 Å². The molecule has 1 fully saturated rings. The van der Waals surface area contributed by atoms with Gasteiger partial charge in [0, 0.05) is 13.2 Å². The lowest BCUT2D eigenvalue weighted by Crippen LogP contribution is -2.19. The average Bonchev–Trinajstić information content (AvgIpc) is 3.26. The van der Waals surface area contributed by atoms with Crippen LogP contribution in [0.25, 0.3) is 0 Å². The minimum atomic E-state index is 0.878. The number of ether oxygens (including phenoxy) is 2. The minimum absolute atomic E-state index is 0.878.